The first-order valence-corrected chi connectivity index (χ1v) is 10.6. The van der Waals surface area contributed by atoms with Crippen molar-refractivity contribution >= 4 is 12.0 Å². The highest BCUT2D eigenvalue weighted by Crippen LogP contribution is 2.10. The van der Waals surface area contributed by atoms with E-state index in [2.05, 4.69) is 16.1 Å². The molecule has 162 valence electrons. The van der Waals surface area contributed by atoms with Gasteiger partial charge in [0.1, 0.15) is 12.6 Å². The highest BCUT2D eigenvalue weighted by Gasteiger charge is 2.29. The lowest BCUT2D eigenvalue weighted by Gasteiger charge is -2.36. The quantitative estimate of drug-likeness (QED) is 0.669. The molecule has 2 aromatic carbocycles. The van der Waals surface area contributed by atoms with Gasteiger partial charge in [-0.3, -0.25) is 9.69 Å². The van der Waals surface area contributed by atoms with Crippen molar-refractivity contribution in [2.75, 3.05) is 32.7 Å². The molecule has 31 heavy (non-hydrogen) atoms. The van der Waals surface area contributed by atoms with E-state index in [1.54, 1.807) is 0 Å². The van der Waals surface area contributed by atoms with Gasteiger partial charge in [0, 0.05) is 45.6 Å². The van der Waals surface area contributed by atoms with Crippen LogP contribution in [0, 0.1) is 12.3 Å². The molecule has 1 atom stereocenters. The minimum atomic E-state index is -0.678. The van der Waals surface area contributed by atoms with Crippen molar-refractivity contribution in [3.05, 3.63) is 71.8 Å². The number of nitrogens with one attached hydrogen (secondary N) is 1. The minimum absolute atomic E-state index is 0.0860. The van der Waals surface area contributed by atoms with Crippen molar-refractivity contribution in [2.45, 2.75) is 25.5 Å². The molecule has 1 fully saturated rings. The maximum atomic E-state index is 13.2. The van der Waals surface area contributed by atoms with Crippen LogP contribution in [0.4, 0.5) is 4.79 Å². The van der Waals surface area contributed by atoms with Crippen LogP contribution in [0.2, 0.25) is 0 Å². The van der Waals surface area contributed by atoms with Crippen molar-refractivity contribution in [3.8, 4) is 12.3 Å². The second kappa shape index (κ2) is 11.8. The molecular weight excluding hydrogens is 390 g/mol. The highest BCUT2D eigenvalue weighted by atomic mass is 16.5. The standard InChI is InChI=1S/C25H29N3O3/c1-2-3-14-27-15-17-28(18-16-27)24(29)23(19-21-10-6-4-7-11-21)26-25(30)31-20-22-12-8-5-9-13-22/h1,4-13,23H,3,14-20H2,(H,26,30)/t23-/m0/s1. The smallest absolute Gasteiger partial charge is 0.408 e. The summed E-state index contributed by atoms with van der Waals surface area (Å²) in [5.41, 5.74) is 1.88. The van der Waals surface area contributed by atoms with E-state index in [0.29, 0.717) is 25.9 Å². The van der Waals surface area contributed by atoms with Gasteiger partial charge in [0.15, 0.2) is 0 Å². The fraction of sp³-hybridized carbons (Fsp3) is 0.360. The van der Waals surface area contributed by atoms with Gasteiger partial charge in [-0.05, 0) is 11.1 Å². The first kappa shape index (κ1) is 22.4. The molecule has 1 N–H and O–H groups in total. The van der Waals surface area contributed by atoms with Gasteiger partial charge in [0.25, 0.3) is 0 Å². The van der Waals surface area contributed by atoms with Gasteiger partial charge in [0.2, 0.25) is 5.91 Å². The molecule has 0 radical (unpaired) electrons. The molecule has 0 saturated carbocycles. The van der Waals surface area contributed by atoms with Crippen molar-refractivity contribution in [1.29, 1.82) is 0 Å². The van der Waals surface area contributed by atoms with Crippen molar-refractivity contribution in [2.24, 2.45) is 0 Å². The molecule has 1 aliphatic heterocycles. The summed E-state index contributed by atoms with van der Waals surface area (Å²) in [5.74, 6) is 2.57. The molecular formula is C25H29N3O3. The number of carbonyl (C=O) groups excluding carboxylic acids is 2. The van der Waals surface area contributed by atoms with E-state index in [9.17, 15) is 9.59 Å². The molecule has 6 heteroatoms. The zero-order valence-corrected chi connectivity index (χ0v) is 17.7. The lowest BCUT2D eigenvalue weighted by molar-refractivity contribution is -0.135. The predicted octanol–water partition coefficient (Wildman–Crippen LogP) is 2.69. The summed E-state index contributed by atoms with van der Waals surface area (Å²) >= 11 is 0. The summed E-state index contributed by atoms with van der Waals surface area (Å²) in [7, 11) is 0. The van der Waals surface area contributed by atoms with Crippen molar-refractivity contribution in [1.82, 2.24) is 15.1 Å². The van der Waals surface area contributed by atoms with E-state index in [4.69, 9.17) is 11.2 Å². The highest BCUT2D eigenvalue weighted by molar-refractivity contribution is 5.86. The Labute approximate surface area is 184 Å². The second-order valence-electron chi connectivity index (χ2n) is 7.57. The number of hydrogen-bond acceptors (Lipinski definition) is 4. The molecule has 1 heterocycles. The monoisotopic (exact) mass is 419 g/mol. The molecule has 0 bridgehead atoms. The number of hydrogen-bond donors (Lipinski definition) is 1. The van der Waals surface area contributed by atoms with Gasteiger partial charge in [-0.15, -0.1) is 12.3 Å². The van der Waals surface area contributed by atoms with Crippen LogP contribution in [-0.2, 0) is 22.6 Å². The van der Waals surface area contributed by atoms with Crippen molar-refractivity contribution in [3.63, 3.8) is 0 Å². The molecule has 1 aliphatic rings. The Morgan fingerprint density at radius 3 is 2.19 bits per heavy atom. The summed E-state index contributed by atoms with van der Waals surface area (Å²) in [6, 6.07) is 18.5. The van der Waals surface area contributed by atoms with E-state index >= 15 is 0 Å². The fourth-order valence-corrected chi connectivity index (χ4v) is 3.59. The summed E-state index contributed by atoms with van der Waals surface area (Å²) < 4.78 is 5.35. The van der Waals surface area contributed by atoms with Crippen LogP contribution in [0.15, 0.2) is 60.7 Å². The molecule has 2 amide bonds. The lowest BCUT2D eigenvalue weighted by Crippen LogP contribution is -2.55. The molecule has 0 aliphatic carbocycles. The van der Waals surface area contributed by atoms with Crippen LogP contribution in [0.5, 0.6) is 0 Å². The van der Waals surface area contributed by atoms with Crippen LogP contribution >= 0.6 is 0 Å². The summed E-state index contributed by atoms with van der Waals surface area (Å²) in [4.78, 5) is 29.8. The van der Waals surface area contributed by atoms with E-state index in [1.807, 2.05) is 65.6 Å². The lowest BCUT2D eigenvalue weighted by atomic mass is 10.0. The van der Waals surface area contributed by atoms with Crippen LogP contribution in [0.25, 0.3) is 0 Å². The number of carbonyl (C=O) groups is 2. The maximum Gasteiger partial charge on any atom is 0.408 e. The topological polar surface area (TPSA) is 61.9 Å². The third kappa shape index (κ3) is 7.16. The number of alkyl carbamates (subject to hydrolysis) is 1. The maximum absolute atomic E-state index is 13.2. The van der Waals surface area contributed by atoms with E-state index in [0.717, 1.165) is 30.8 Å². The molecule has 6 nitrogen and oxygen atoms in total. The van der Waals surface area contributed by atoms with E-state index in [1.165, 1.54) is 0 Å². The van der Waals surface area contributed by atoms with Gasteiger partial charge >= 0.3 is 6.09 Å². The number of amides is 2. The molecule has 3 rings (SSSR count). The summed E-state index contributed by atoms with van der Waals surface area (Å²) in [6.45, 7) is 3.81. The van der Waals surface area contributed by atoms with Crippen LogP contribution < -0.4 is 5.32 Å². The molecule has 0 spiro atoms. The predicted molar refractivity (Wildman–Crippen MR) is 120 cm³/mol. The van der Waals surface area contributed by atoms with Crippen molar-refractivity contribution < 1.29 is 14.3 Å². The number of rotatable bonds is 8. The Morgan fingerprint density at radius 1 is 0.968 bits per heavy atom. The zero-order valence-electron chi connectivity index (χ0n) is 17.7. The summed E-state index contributed by atoms with van der Waals surface area (Å²) in [5, 5.41) is 2.79. The minimum Gasteiger partial charge on any atom is -0.445 e. The summed E-state index contributed by atoms with van der Waals surface area (Å²) in [6.07, 6.45) is 5.88. The van der Waals surface area contributed by atoms with Gasteiger partial charge in [-0.25, -0.2) is 4.79 Å². The molecule has 0 unspecified atom stereocenters. The third-order valence-electron chi connectivity index (χ3n) is 5.34. The van der Waals surface area contributed by atoms with Gasteiger partial charge in [-0.2, -0.15) is 0 Å². The Balaban J connectivity index is 1.60. The fourth-order valence-electron chi connectivity index (χ4n) is 3.59. The van der Waals surface area contributed by atoms with Gasteiger partial charge in [-0.1, -0.05) is 60.7 Å². The Hall–Kier alpha value is -3.30. The van der Waals surface area contributed by atoms with Crippen LogP contribution in [-0.4, -0.2) is 60.6 Å². The zero-order chi connectivity index (χ0) is 21.9. The number of piperazine rings is 1. The first-order valence-electron chi connectivity index (χ1n) is 10.6. The van der Waals surface area contributed by atoms with Crippen LogP contribution in [0.1, 0.15) is 17.5 Å². The molecule has 1 saturated heterocycles. The average Bonchev–Trinajstić information content (AvgIpc) is 2.82. The average molecular weight is 420 g/mol. The van der Waals surface area contributed by atoms with Gasteiger partial charge < -0.3 is 15.0 Å². The Bertz CT molecular complexity index is 872. The number of ether oxygens (including phenoxy) is 1. The third-order valence-corrected chi connectivity index (χ3v) is 5.34. The second-order valence-corrected chi connectivity index (χ2v) is 7.57. The van der Waals surface area contributed by atoms with Gasteiger partial charge in [0.05, 0.1) is 0 Å². The normalized spacial score (nSPS) is 15.0. The first-order chi connectivity index (χ1) is 15.2. The van der Waals surface area contributed by atoms with E-state index in [-0.39, 0.29) is 12.5 Å². The molecule has 2 aromatic rings. The Morgan fingerprint density at radius 2 is 1.58 bits per heavy atom. The SMILES string of the molecule is C#CCCN1CCN(C(=O)[C@H](Cc2ccccc2)NC(=O)OCc2ccccc2)CC1. The Kier molecular flexibility index (Phi) is 8.50. The van der Waals surface area contributed by atoms with Crippen LogP contribution in [0.3, 0.4) is 0 Å². The largest absolute Gasteiger partial charge is 0.445 e. The van der Waals surface area contributed by atoms with E-state index < -0.39 is 12.1 Å². The number of benzene rings is 2. The molecule has 0 aromatic heterocycles. The number of nitrogens with zero attached hydrogens (tertiary/aromatic N) is 2. The number of terminal acetylenes is 1.